The number of ether oxygens (including phenoxy) is 1. The van der Waals surface area contributed by atoms with Crippen molar-refractivity contribution in [3.8, 4) is 0 Å². The molecule has 0 bridgehead atoms. The third-order valence-corrected chi connectivity index (χ3v) is 4.27. The fraction of sp³-hybridized carbons (Fsp3) is 0.100. The average Bonchev–Trinajstić information content (AvgIpc) is 2.71. The van der Waals surface area contributed by atoms with Gasteiger partial charge in [-0.3, -0.25) is 15.6 Å². The topological polar surface area (TPSA) is 104 Å². The van der Waals surface area contributed by atoms with Gasteiger partial charge in [0.2, 0.25) is 17.7 Å². The van der Waals surface area contributed by atoms with Gasteiger partial charge in [-0.05, 0) is 42.3 Å². The van der Waals surface area contributed by atoms with Gasteiger partial charge in [0.25, 0.3) is 0 Å². The van der Waals surface area contributed by atoms with Crippen LogP contribution in [0.3, 0.4) is 0 Å². The normalized spacial score (nSPS) is 10.6. The summed E-state index contributed by atoms with van der Waals surface area (Å²) in [6.07, 6.45) is 1.39. The summed E-state index contributed by atoms with van der Waals surface area (Å²) in [5, 5.41) is 17.5. The number of benzene rings is 2. The highest BCUT2D eigenvalue weighted by atomic mass is 19.2. The van der Waals surface area contributed by atoms with Crippen molar-refractivity contribution in [3.05, 3.63) is 86.8 Å². The molecular formula is C20H15F4N5O2. The van der Waals surface area contributed by atoms with Crippen molar-refractivity contribution >= 4 is 23.9 Å². The lowest BCUT2D eigenvalue weighted by Crippen LogP contribution is -2.20. The predicted octanol–water partition coefficient (Wildman–Crippen LogP) is 3.85. The molecule has 3 N–H and O–H groups in total. The highest BCUT2D eigenvalue weighted by Gasteiger charge is 2.15. The fourth-order valence-electron chi connectivity index (χ4n) is 2.73. The van der Waals surface area contributed by atoms with Crippen LogP contribution < -0.4 is 10.9 Å². The molecule has 1 aromatic heterocycles. The smallest absolute Gasteiger partial charge is 0.310 e. The number of aromatic nitrogens is 2. The number of anilines is 2. The Morgan fingerprint density at radius 2 is 1.84 bits per heavy atom. The molecule has 31 heavy (non-hydrogen) atoms. The zero-order chi connectivity index (χ0) is 22.7. The summed E-state index contributed by atoms with van der Waals surface area (Å²) >= 11 is 0. The molecule has 0 atom stereocenters. The second-order valence-electron chi connectivity index (χ2n) is 6.44. The molecule has 0 aliphatic heterocycles. The number of hydrogen-bond acceptors (Lipinski definition) is 6. The minimum atomic E-state index is -1.63. The molecule has 0 radical (unpaired) electrons. The first kappa shape index (κ1) is 21.7. The second kappa shape index (κ2) is 8.78. The molecule has 3 aromatic rings. The van der Waals surface area contributed by atoms with Gasteiger partial charge in [0.15, 0.2) is 23.9 Å². The molecule has 1 heterocycles. The van der Waals surface area contributed by atoms with Gasteiger partial charge in [-0.15, -0.1) is 0 Å². The van der Waals surface area contributed by atoms with Crippen LogP contribution in [0.4, 0.5) is 29.2 Å². The van der Waals surface area contributed by atoms with E-state index in [4.69, 9.17) is 15.6 Å². The van der Waals surface area contributed by atoms with E-state index < -0.39 is 28.8 Å². The molecule has 2 aromatic carbocycles. The van der Waals surface area contributed by atoms with Crippen LogP contribution in [0.1, 0.15) is 16.7 Å². The molecule has 0 fully saturated rings. The van der Waals surface area contributed by atoms with Gasteiger partial charge >= 0.3 is 5.56 Å². The van der Waals surface area contributed by atoms with Crippen LogP contribution in [-0.2, 0) is 11.3 Å². The van der Waals surface area contributed by atoms with Gasteiger partial charge in [-0.1, -0.05) is 6.07 Å². The van der Waals surface area contributed by atoms with Gasteiger partial charge in [0, 0.05) is 17.4 Å². The Balaban J connectivity index is 2.02. The van der Waals surface area contributed by atoms with Gasteiger partial charge < -0.3 is 14.6 Å². The monoisotopic (exact) mass is 433 g/mol. The average molecular weight is 433 g/mol. The van der Waals surface area contributed by atoms with Crippen molar-refractivity contribution in [1.82, 2.24) is 9.55 Å². The van der Waals surface area contributed by atoms with Gasteiger partial charge in [-0.2, -0.15) is 9.37 Å². The predicted molar refractivity (Wildman–Crippen MR) is 105 cm³/mol. The molecule has 0 amide bonds. The lowest BCUT2D eigenvalue weighted by molar-refractivity contribution is 0.444. The van der Waals surface area contributed by atoms with Crippen LogP contribution >= 0.6 is 0 Å². The van der Waals surface area contributed by atoms with E-state index in [2.05, 4.69) is 10.3 Å². The van der Waals surface area contributed by atoms with Crippen LogP contribution in [-0.4, -0.2) is 21.8 Å². The van der Waals surface area contributed by atoms with Crippen LogP contribution in [0.2, 0.25) is 0 Å². The summed E-state index contributed by atoms with van der Waals surface area (Å²) in [5.41, 5.74) is 0.144. The quantitative estimate of drug-likeness (QED) is 0.238. The van der Waals surface area contributed by atoms with E-state index in [1.54, 1.807) is 19.1 Å². The van der Waals surface area contributed by atoms with Gasteiger partial charge in [-0.25, -0.2) is 13.2 Å². The molecule has 0 unspecified atom stereocenters. The molecule has 0 spiro atoms. The van der Waals surface area contributed by atoms with Crippen molar-refractivity contribution in [1.29, 1.82) is 10.8 Å². The minimum Gasteiger partial charge on any atom is -0.428 e. The number of hydrogen-bond donors (Lipinski definition) is 3. The maximum atomic E-state index is 13.9. The van der Waals surface area contributed by atoms with Gasteiger partial charge in [0.05, 0.1) is 6.54 Å². The van der Waals surface area contributed by atoms with Crippen molar-refractivity contribution in [2.45, 2.75) is 13.5 Å². The lowest BCUT2D eigenvalue weighted by Gasteiger charge is -2.16. The minimum absolute atomic E-state index is 0.0315. The third-order valence-electron chi connectivity index (χ3n) is 4.27. The Hall–Kier alpha value is -4.02. The summed E-state index contributed by atoms with van der Waals surface area (Å²) < 4.78 is 60.0. The van der Waals surface area contributed by atoms with Crippen LogP contribution in [0, 0.1) is 41.0 Å². The maximum absolute atomic E-state index is 13.9. The zero-order valence-corrected chi connectivity index (χ0v) is 16.0. The van der Waals surface area contributed by atoms with E-state index in [1.807, 2.05) is 0 Å². The number of rotatable bonds is 6. The first-order valence-corrected chi connectivity index (χ1v) is 8.72. The summed E-state index contributed by atoms with van der Waals surface area (Å²) in [4.78, 5) is 15.4. The van der Waals surface area contributed by atoms with Gasteiger partial charge in [0.1, 0.15) is 0 Å². The second-order valence-corrected chi connectivity index (χ2v) is 6.44. The highest BCUT2D eigenvalue weighted by molar-refractivity contribution is 5.96. The van der Waals surface area contributed by atoms with Crippen LogP contribution in [0.25, 0.3) is 0 Å². The molecule has 7 nitrogen and oxygen atoms in total. The van der Waals surface area contributed by atoms with Crippen molar-refractivity contribution in [3.63, 3.8) is 0 Å². The summed E-state index contributed by atoms with van der Waals surface area (Å²) in [7, 11) is 0. The summed E-state index contributed by atoms with van der Waals surface area (Å²) in [6, 6.07) is 6.19. The largest absolute Gasteiger partial charge is 0.428 e. The SMILES string of the molecule is Cc1ccc(C(=N)OC=N)cc1Nc1nc(=O)c(F)cn1Cc1cc(F)c(F)c(F)c1. The molecule has 160 valence electrons. The van der Waals surface area contributed by atoms with E-state index in [0.29, 0.717) is 23.2 Å². The Kier molecular flexibility index (Phi) is 6.14. The Labute approximate surface area is 173 Å². The standard InChI is InChI=1S/C20H15F4N5O2/c1-10-2-3-12(18(26)31-9-25)6-16(10)27-20-28-19(30)15(23)8-29(20)7-11-4-13(21)17(24)14(22)5-11/h2-6,8-9,25-26H,7H2,1H3,(H,27,28,30). The lowest BCUT2D eigenvalue weighted by atomic mass is 10.1. The van der Waals surface area contributed by atoms with Crippen molar-refractivity contribution < 1.29 is 22.3 Å². The van der Waals surface area contributed by atoms with E-state index in [-0.39, 0.29) is 24.0 Å². The van der Waals surface area contributed by atoms with E-state index in [1.165, 1.54) is 6.07 Å². The molecule has 0 saturated carbocycles. The van der Waals surface area contributed by atoms with E-state index in [9.17, 15) is 22.4 Å². The number of halogens is 4. The zero-order valence-electron chi connectivity index (χ0n) is 16.0. The number of aryl methyl sites for hydroxylation is 1. The number of nitrogens with one attached hydrogen (secondary N) is 3. The number of nitrogens with zero attached hydrogens (tertiary/aromatic N) is 2. The molecule has 3 rings (SSSR count). The van der Waals surface area contributed by atoms with E-state index >= 15 is 0 Å². The highest BCUT2D eigenvalue weighted by Crippen LogP contribution is 2.22. The van der Waals surface area contributed by atoms with Crippen LogP contribution in [0.15, 0.2) is 41.3 Å². The molecule has 0 saturated heterocycles. The molecule has 0 aliphatic carbocycles. The maximum Gasteiger partial charge on any atom is 0.310 e. The summed E-state index contributed by atoms with van der Waals surface area (Å²) in [5.74, 6) is -6.11. The molecule has 0 aliphatic rings. The first-order valence-electron chi connectivity index (χ1n) is 8.72. The van der Waals surface area contributed by atoms with Crippen molar-refractivity contribution in [2.75, 3.05) is 5.32 Å². The van der Waals surface area contributed by atoms with Crippen LogP contribution in [0.5, 0.6) is 0 Å². The Bertz CT molecular complexity index is 1220. The van der Waals surface area contributed by atoms with E-state index in [0.717, 1.165) is 22.9 Å². The fourth-order valence-corrected chi connectivity index (χ4v) is 2.73. The van der Waals surface area contributed by atoms with Crippen molar-refractivity contribution in [2.24, 2.45) is 0 Å². The third kappa shape index (κ3) is 4.77. The Morgan fingerprint density at radius 3 is 2.48 bits per heavy atom. The summed E-state index contributed by atoms with van der Waals surface area (Å²) in [6.45, 7) is 1.38. The molecule has 11 heteroatoms. The first-order chi connectivity index (χ1) is 14.7. The Morgan fingerprint density at radius 1 is 1.16 bits per heavy atom. The molecular weight excluding hydrogens is 418 g/mol.